The Morgan fingerprint density at radius 1 is 0.698 bits per heavy atom. The first-order valence-electron chi connectivity index (χ1n) is 14.8. The van der Waals surface area contributed by atoms with E-state index in [4.69, 9.17) is 19.8 Å². The van der Waals surface area contributed by atoms with E-state index in [9.17, 15) is 0 Å². The van der Waals surface area contributed by atoms with Crippen LogP contribution < -0.4 is 15.0 Å². The van der Waals surface area contributed by atoms with E-state index in [1.807, 2.05) is 22.9 Å². The molecule has 0 radical (unpaired) electrons. The van der Waals surface area contributed by atoms with E-state index in [1.54, 1.807) is 7.11 Å². The minimum absolute atomic E-state index is 0.609. The third-order valence-corrected chi connectivity index (χ3v) is 8.00. The summed E-state index contributed by atoms with van der Waals surface area (Å²) >= 11 is 0. The predicted octanol–water partition coefficient (Wildman–Crippen LogP) is 6.65. The van der Waals surface area contributed by atoms with Gasteiger partial charge in [0.15, 0.2) is 5.65 Å². The average Bonchev–Trinajstić information content (AvgIpc) is 3.41. The molecule has 1 aliphatic rings. The molecule has 7 nitrogen and oxygen atoms in total. The molecule has 0 fully saturated rings. The van der Waals surface area contributed by atoms with Crippen LogP contribution in [0.25, 0.3) is 11.0 Å². The monoisotopic (exact) mass is 566 g/mol. The zero-order valence-corrected chi connectivity index (χ0v) is 24.3. The van der Waals surface area contributed by atoms with Crippen LogP contribution in [0.15, 0.2) is 109 Å². The van der Waals surface area contributed by atoms with Crippen molar-refractivity contribution in [3.05, 3.63) is 143 Å². The third kappa shape index (κ3) is 5.93. The van der Waals surface area contributed by atoms with Crippen LogP contribution in [0, 0.1) is 0 Å². The molecule has 0 unspecified atom stereocenters. The molecule has 43 heavy (non-hydrogen) atoms. The lowest BCUT2D eigenvalue weighted by molar-refractivity contribution is 0.414. The molecule has 7 rings (SSSR count). The van der Waals surface area contributed by atoms with Gasteiger partial charge in [-0.3, -0.25) is 0 Å². The van der Waals surface area contributed by atoms with Gasteiger partial charge < -0.3 is 15.0 Å². The summed E-state index contributed by atoms with van der Waals surface area (Å²) in [5.74, 6) is 2.40. The Morgan fingerprint density at radius 2 is 1.33 bits per heavy atom. The SMILES string of the molecule is COc1ccc(CN2CCc3nn(Cc4ccccc4)c4nc(NCc5ccc(Cc6ccccc6)cc5)nc2c34)cc1. The Labute approximate surface area is 251 Å². The molecule has 0 bridgehead atoms. The highest BCUT2D eigenvalue weighted by atomic mass is 16.5. The zero-order valence-electron chi connectivity index (χ0n) is 24.3. The molecule has 0 saturated heterocycles. The van der Waals surface area contributed by atoms with Gasteiger partial charge in [0.25, 0.3) is 0 Å². The summed E-state index contributed by atoms with van der Waals surface area (Å²) in [7, 11) is 1.69. The number of rotatable bonds is 10. The van der Waals surface area contributed by atoms with E-state index in [0.29, 0.717) is 19.0 Å². The van der Waals surface area contributed by atoms with Crippen LogP contribution >= 0.6 is 0 Å². The molecule has 0 spiro atoms. The fourth-order valence-corrected chi connectivity index (χ4v) is 5.71. The Morgan fingerprint density at radius 3 is 2.05 bits per heavy atom. The molecular weight excluding hydrogens is 532 g/mol. The summed E-state index contributed by atoms with van der Waals surface area (Å²) < 4.78 is 7.40. The molecule has 4 aromatic carbocycles. The Hall–Kier alpha value is -5.17. The van der Waals surface area contributed by atoms with Gasteiger partial charge in [0.2, 0.25) is 5.95 Å². The van der Waals surface area contributed by atoms with Gasteiger partial charge in [0, 0.05) is 26.1 Å². The molecule has 0 amide bonds. The lowest BCUT2D eigenvalue weighted by atomic mass is 10.0. The van der Waals surface area contributed by atoms with Crippen molar-refractivity contribution >= 4 is 22.8 Å². The summed E-state index contributed by atoms with van der Waals surface area (Å²) in [5, 5.41) is 9.59. The smallest absolute Gasteiger partial charge is 0.227 e. The molecule has 0 aliphatic carbocycles. The lowest BCUT2D eigenvalue weighted by Gasteiger charge is -2.28. The number of methoxy groups -OCH3 is 1. The van der Waals surface area contributed by atoms with E-state index < -0.39 is 0 Å². The first kappa shape index (κ1) is 26.7. The minimum atomic E-state index is 0.609. The highest BCUT2D eigenvalue weighted by Gasteiger charge is 2.27. The van der Waals surface area contributed by atoms with Crippen LogP contribution in [0.3, 0.4) is 0 Å². The van der Waals surface area contributed by atoms with Crippen LogP contribution in [-0.2, 0) is 32.5 Å². The molecule has 1 aliphatic heterocycles. The fourth-order valence-electron chi connectivity index (χ4n) is 5.71. The minimum Gasteiger partial charge on any atom is -0.497 e. The first-order valence-corrected chi connectivity index (χ1v) is 14.8. The molecule has 214 valence electrons. The highest BCUT2D eigenvalue weighted by Crippen LogP contribution is 2.34. The van der Waals surface area contributed by atoms with Crippen molar-refractivity contribution in [3.8, 4) is 5.75 Å². The number of hydrogen-bond donors (Lipinski definition) is 1. The third-order valence-electron chi connectivity index (χ3n) is 8.00. The van der Waals surface area contributed by atoms with E-state index >= 15 is 0 Å². The second-order valence-corrected chi connectivity index (χ2v) is 11.0. The maximum absolute atomic E-state index is 5.36. The molecule has 7 heteroatoms. The normalized spacial score (nSPS) is 12.4. The fraction of sp³-hybridized carbons (Fsp3) is 0.194. The Balaban J connectivity index is 1.17. The second-order valence-electron chi connectivity index (χ2n) is 11.0. The van der Waals surface area contributed by atoms with Crippen LogP contribution in [0.2, 0.25) is 0 Å². The molecule has 0 atom stereocenters. The van der Waals surface area contributed by atoms with Gasteiger partial charge in [0.05, 0.1) is 24.7 Å². The van der Waals surface area contributed by atoms with Crippen LogP contribution in [0.1, 0.15) is 33.5 Å². The van der Waals surface area contributed by atoms with Crippen molar-refractivity contribution in [1.29, 1.82) is 0 Å². The highest BCUT2D eigenvalue weighted by molar-refractivity contribution is 5.92. The predicted molar refractivity (Wildman–Crippen MR) is 172 cm³/mol. The zero-order chi connectivity index (χ0) is 29.0. The molecule has 0 saturated carbocycles. The Kier molecular flexibility index (Phi) is 7.44. The Bertz CT molecular complexity index is 1820. The number of aromatic nitrogens is 4. The van der Waals surface area contributed by atoms with E-state index in [0.717, 1.165) is 54.2 Å². The molecule has 3 heterocycles. The van der Waals surface area contributed by atoms with Crippen molar-refractivity contribution < 1.29 is 4.74 Å². The van der Waals surface area contributed by atoms with Gasteiger partial charge in [-0.15, -0.1) is 0 Å². The number of hydrogen-bond acceptors (Lipinski definition) is 6. The van der Waals surface area contributed by atoms with Crippen molar-refractivity contribution in [2.45, 2.75) is 32.5 Å². The number of anilines is 2. The van der Waals surface area contributed by atoms with Gasteiger partial charge in [0.1, 0.15) is 11.6 Å². The summed E-state index contributed by atoms with van der Waals surface area (Å²) in [6, 6.07) is 38.0. The van der Waals surface area contributed by atoms with Gasteiger partial charge in [-0.1, -0.05) is 97.1 Å². The van der Waals surface area contributed by atoms with Gasteiger partial charge >= 0.3 is 0 Å². The molecular formula is C36H34N6O. The van der Waals surface area contributed by atoms with Gasteiger partial charge in [-0.05, 0) is 46.4 Å². The number of ether oxygens (including phenoxy) is 1. The average molecular weight is 567 g/mol. The first-order chi connectivity index (χ1) is 21.2. The maximum Gasteiger partial charge on any atom is 0.227 e. The van der Waals surface area contributed by atoms with E-state index in [1.165, 1.54) is 27.8 Å². The molecule has 1 N–H and O–H groups in total. The maximum atomic E-state index is 5.36. The van der Waals surface area contributed by atoms with Crippen molar-refractivity contribution in [3.63, 3.8) is 0 Å². The van der Waals surface area contributed by atoms with E-state index in [-0.39, 0.29) is 0 Å². The summed E-state index contributed by atoms with van der Waals surface area (Å²) in [6.45, 7) is 2.89. The summed E-state index contributed by atoms with van der Waals surface area (Å²) in [4.78, 5) is 12.4. The van der Waals surface area contributed by atoms with Gasteiger partial charge in [-0.25, -0.2) is 4.68 Å². The number of nitrogens with one attached hydrogen (secondary N) is 1. The lowest BCUT2D eigenvalue weighted by Crippen LogP contribution is -2.29. The largest absolute Gasteiger partial charge is 0.497 e. The van der Waals surface area contributed by atoms with Gasteiger partial charge in [-0.2, -0.15) is 15.1 Å². The van der Waals surface area contributed by atoms with Crippen molar-refractivity contribution in [2.75, 3.05) is 23.9 Å². The summed E-state index contributed by atoms with van der Waals surface area (Å²) in [5.41, 5.74) is 8.12. The quantitative estimate of drug-likeness (QED) is 0.200. The van der Waals surface area contributed by atoms with Crippen LogP contribution in [0.4, 0.5) is 11.8 Å². The standard InChI is InChI=1S/C36H34N6O/c1-43-31-18-16-30(17-19-31)24-41-21-20-32-33-34(41)38-36(39-35(33)42(40-32)25-29-10-6-3-7-11-29)37-23-28-14-12-27(13-15-28)22-26-8-4-2-5-9-26/h2-19H,20-25H2,1H3,(H,37,38,39). The van der Waals surface area contributed by atoms with E-state index in [2.05, 4.69) is 101 Å². The summed E-state index contributed by atoms with van der Waals surface area (Å²) in [6.07, 6.45) is 1.78. The molecule has 6 aromatic rings. The van der Waals surface area contributed by atoms with Crippen LogP contribution in [0.5, 0.6) is 5.75 Å². The topological polar surface area (TPSA) is 68.1 Å². The van der Waals surface area contributed by atoms with Crippen LogP contribution in [-0.4, -0.2) is 33.4 Å². The molecule has 2 aromatic heterocycles. The van der Waals surface area contributed by atoms with Crippen molar-refractivity contribution in [2.24, 2.45) is 0 Å². The number of nitrogens with zero attached hydrogens (tertiary/aromatic N) is 5. The van der Waals surface area contributed by atoms with Crippen molar-refractivity contribution in [1.82, 2.24) is 19.7 Å². The number of benzene rings is 4. The second kappa shape index (κ2) is 12.0.